The van der Waals surface area contributed by atoms with E-state index in [9.17, 15) is 0 Å². The molecule has 0 aromatic carbocycles. The number of pyridine rings is 1. The molecule has 1 N–H and O–H groups in total. The fourth-order valence-corrected chi connectivity index (χ4v) is 4.93. The average Bonchev–Trinajstić information content (AvgIpc) is 3.42. The smallest absolute Gasteiger partial charge is 0.170 e. The van der Waals surface area contributed by atoms with Crippen LogP contribution < -0.4 is 5.32 Å². The predicted octanol–water partition coefficient (Wildman–Crippen LogP) is 3.92. The van der Waals surface area contributed by atoms with E-state index in [-0.39, 0.29) is 12.1 Å². The van der Waals surface area contributed by atoms with Crippen LogP contribution >= 0.6 is 12.2 Å². The van der Waals surface area contributed by atoms with E-state index in [1.54, 1.807) is 0 Å². The monoisotopic (exact) mass is 397 g/mol. The summed E-state index contributed by atoms with van der Waals surface area (Å²) in [6.07, 6.45) is 12.9. The highest BCUT2D eigenvalue weighted by atomic mass is 32.1. The van der Waals surface area contributed by atoms with E-state index in [1.165, 1.54) is 31.2 Å². The average molecular weight is 398 g/mol. The lowest BCUT2D eigenvalue weighted by Gasteiger charge is -2.27. The highest BCUT2D eigenvalue weighted by molar-refractivity contribution is 7.80. The first-order valence-electron chi connectivity index (χ1n) is 10.4. The van der Waals surface area contributed by atoms with Crippen molar-refractivity contribution in [3.63, 3.8) is 0 Å². The van der Waals surface area contributed by atoms with Crippen molar-refractivity contribution in [2.75, 3.05) is 27.2 Å². The van der Waals surface area contributed by atoms with Crippen LogP contribution in [0.2, 0.25) is 0 Å². The molecule has 150 valence electrons. The van der Waals surface area contributed by atoms with Gasteiger partial charge in [-0.2, -0.15) is 0 Å². The van der Waals surface area contributed by atoms with Crippen molar-refractivity contribution in [3.05, 3.63) is 54.1 Å². The van der Waals surface area contributed by atoms with Gasteiger partial charge in [-0.05, 0) is 75.9 Å². The third kappa shape index (κ3) is 4.08. The Balaban J connectivity index is 1.61. The van der Waals surface area contributed by atoms with Gasteiger partial charge in [0, 0.05) is 31.2 Å². The van der Waals surface area contributed by atoms with Gasteiger partial charge in [0.25, 0.3) is 0 Å². The molecule has 3 heterocycles. The quantitative estimate of drug-likeness (QED) is 0.717. The standard InChI is InChI=1S/C22H31N5S/c1-25(2)13-7-14-27-21(17-11-15-26(16-17)18-8-3-4-9-18)20(24-22(27)28)19-10-5-6-12-23-19/h5-6,10-12,15-16,18,20-21H,3-4,7-9,13-14H2,1-2H3,(H,24,28)/t20-,21-/m1/s1. The minimum Gasteiger partial charge on any atom is -0.352 e. The van der Waals surface area contributed by atoms with Gasteiger partial charge in [-0.1, -0.05) is 18.9 Å². The van der Waals surface area contributed by atoms with Crippen LogP contribution in [-0.2, 0) is 0 Å². The van der Waals surface area contributed by atoms with Gasteiger partial charge in [0.2, 0.25) is 0 Å². The zero-order chi connectivity index (χ0) is 19.5. The lowest BCUT2D eigenvalue weighted by Crippen LogP contribution is -2.32. The van der Waals surface area contributed by atoms with Crippen LogP contribution in [-0.4, -0.2) is 51.6 Å². The lowest BCUT2D eigenvalue weighted by atomic mass is 9.99. The molecule has 2 atom stereocenters. The second-order valence-electron chi connectivity index (χ2n) is 8.31. The molecular weight excluding hydrogens is 366 g/mol. The summed E-state index contributed by atoms with van der Waals surface area (Å²) in [7, 11) is 4.24. The summed E-state index contributed by atoms with van der Waals surface area (Å²) in [6, 6.07) is 9.35. The van der Waals surface area contributed by atoms with E-state index in [1.807, 2.05) is 12.3 Å². The molecule has 6 heteroatoms. The molecule has 0 radical (unpaired) electrons. The number of nitrogens with zero attached hydrogens (tertiary/aromatic N) is 4. The number of aromatic nitrogens is 2. The fourth-order valence-electron chi connectivity index (χ4n) is 4.60. The maximum atomic E-state index is 5.75. The maximum Gasteiger partial charge on any atom is 0.170 e. The fraction of sp³-hybridized carbons (Fsp3) is 0.545. The first-order chi connectivity index (χ1) is 13.6. The van der Waals surface area contributed by atoms with Gasteiger partial charge in [-0.25, -0.2) is 0 Å². The molecule has 5 nitrogen and oxygen atoms in total. The Morgan fingerprint density at radius 3 is 2.75 bits per heavy atom. The number of nitrogens with one attached hydrogen (secondary N) is 1. The van der Waals surface area contributed by atoms with Gasteiger partial charge < -0.3 is 19.7 Å². The molecule has 2 aromatic rings. The lowest BCUT2D eigenvalue weighted by molar-refractivity contribution is 0.292. The summed E-state index contributed by atoms with van der Waals surface area (Å²) in [5.41, 5.74) is 2.39. The van der Waals surface area contributed by atoms with Crippen LogP contribution in [0, 0.1) is 0 Å². The number of thiocarbonyl (C=S) groups is 1. The molecule has 0 bridgehead atoms. The van der Waals surface area contributed by atoms with Crippen molar-refractivity contribution in [2.45, 2.75) is 50.2 Å². The summed E-state index contributed by atoms with van der Waals surface area (Å²) in [5.74, 6) is 0. The van der Waals surface area contributed by atoms with Gasteiger partial charge in [-0.15, -0.1) is 0 Å². The molecular formula is C22H31N5S. The summed E-state index contributed by atoms with van der Waals surface area (Å²) >= 11 is 5.75. The molecule has 4 rings (SSSR count). The van der Waals surface area contributed by atoms with Gasteiger partial charge in [0.15, 0.2) is 5.11 Å². The van der Waals surface area contributed by atoms with Crippen molar-refractivity contribution in [3.8, 4) is 0 Å². The Labute approximate surface area is 173 Å². The number of hydrogen-bond acceptors (Lipinski definition) is 3. The SMILES string of the molecule is CN(C)CCCN1C(=S)N[C@H](c2ccccn2)[C@H]1c1ccn(C2CCCC2)c1. The molecule has 1 saturated heterocycles. The normalized spacial score (nSPS) is 23.0. The Kier molecular flexibility index (Phi) is 5.97. The Morgan fingerprint density at radius 1 is 1.21 bits per heavy atom. The van der Waals surface area contributed by atoms with Crippen molar-refractivity contribution < 1.29 is 0 Å². The second kappa shape index (κ2) is 8.62. The third-order valence-electron chi connectivity index (χ3n) is 6.03. The topological polar surface area (TPSA) is 36.3 Å². The Morgan fingerprint density at radius 2 is 2.04 bits per heavy atom. The van der Waals surface area contributed by atoms with Gasteiger partial charge in [0.05, 0.1) is 17.8 Å². The third-order valence-corrected chi connectivity index (χ3v) is 6.38. The van der Waals surface area contributed by atoms with E-state index >= 15 is 0 Å². The van der Waals surface area contributed by atoms with Crippen molar-refractivity contribution in [1.82, 2.24) is 24.7 Å². The van der Waals surface area contributed by atoms with Gasteiger partial charge in [-0.3, -0.25) is 4.98 Å². The molecule has 2 fully saturated rings. The number of hydrogen-bond donors (Lipinski definition) is 1. The summed E-state index contributed by atoms with van der Waals surface area (Å²) in [4.78, 5) is 9.23. The van der Waals surface area contributed by atoms with Crippen molar-refractivity contribution in [2.24, 2.45) is 0 Å². The summed E-state index contributed by atoms with van der Waals surface area (Å²) in [6.45, 7) is 2.01. The van der Waals surface area contributed by atoms with Crippen molar-refractivity contribution in [1.29, 1.82) is 0 Å². The molecule has 2 aromatic heterocycles. The van der Waals surface area contributed by atoms with Crippen molar-refractivity contribution >= 4 is 17.3 Å². The minimum absolute atomic E-state index is 0.0903. The van der Waals surface area contributed by atoms with E-state index in [2.05, 4.69) is 69.4 Å². The molecule has 0 spiro atoms. The van der Waals surface area contributed by atoms with E-state index in [0.29, 0.717) is 6.04 Å². The molecule has 1 aliphatic carbocycles. The summed E-state index contributed by atoms with van der Waals surface area (Å²) in [5, 5.41) is 4.40. The van der Waals surface area contributed by atoms with Crippen LogP contribution in [0.5, 0.6) is 0 Å². The van der Waals surface area contributed by atoms with Crippen LogP contribution in [0.25, 0.3) is 0 Å². The predicted molar refractivity (Wildman–Crippen MR) is 117 cm³/mol. The van der Waals surface area contributed by atoms with Crippen LogP contribution in [0.4, 0.5) is 0 Å². The molecule has 1 aliphatic heterocycles. The summed E-state index contributed by atoms with van der Waals surface area (Å²) < 4.78 is 2.43. The van der Waals surface area contributed by atoms with Gasteiger partial charge in [0.1, 0.15) is 0 Å². The second-order valence-corrected chi connectivity index (χ2v) is 8.69. The highest BCUT2D eigenvalue weighted by Gasteiger charge is 2.40. The molecule has 2 aliphatic rings. The van der Waals surface area contributed by atoms with Crippen LogP contribution in [0.3, 0.4) is 0 Å². The zero-order valence-electron chi connectivity index (χ0n) is 16.9. The number of rotatable bonds is 7. The molecule has 28 heavy (non-hydrogen) atoms. The van der Waals surface area contributed by atoms with Crippen LogP contribution in [0.15, 0.2) is 42.9 Å². The Bertz CT molecular complexity index is 781. The van der Waals surface area contributed by atoms with E-state index in [0.717, 1.165) is 30.3 Å². The molecule has 1 saturated carbocycles. The van der Waals surface area contributed by atoms with Gasteiger partial charge >= 0.3 is 0 Å². The van der Waals surface area contributed by atoms with E-state index in [4.69, 9.17) is 12.2 Å². The first-order valence-corrected chi connectivity index (χ1v) is 10.8. The first kappa shape index (κ1) is 19.4. The van der Waals surface area contributed by atoms with Crippen LogP contribution in [0.1, 0.15) is 61.5 Å². The van der Waals surface area contributed by atoms with E-state index < -0.39 is 0 Å². The maximum absolute atomic E-state index is 5.75. The minimum atomic E-state index is 0.0903. The highest BCUT2D eigenvalue weighted by Crippen LogP contribution is 2.40. The molecule has 0 unspecified atom stereocenters. The zero-order valence-corrected chi connectivity index (χ0v) is 17.7. The largest absolute Gasteiger partial charge is 0.352 e. The molecule has 0 amide bonds. The Hall–Kier alpha value is -1.92.